The van der Waals surface area contributed by atoms with Gasteiger partial charge in [0.15, 0.2) is 17.6 Å². The molecule has 1 amide bonds. The summed E-state index contributed by atoms with van der Waals surface area (Å²) < 4.78 is 16.7. The zero-order chi connectivity index (χ0) is 20.1. The summed E-state index contributed by atoms with van der Waals surface area (Å²) in [5.74, 6) is 2.12. The summed E-state index contributed by atoms with van der Waals surface area (Å²) in [6.45, 7) is 2.29. The molecule has 0 saturated heterocycles. The third-order valence-electron chi connectivity index (χ3n) is 5.25. The van der Waals surface area contributed by atoms with E-state index in [2.05, 4.69) is 6.07 Å². The lowest BCUT2D eigenvalue weighted by molar-refractivity contribution is -0.137. The second-order valence-electron chi connectivity index (χ2n) is 7.24. The molecule has 0 aromatic heterocycles. The Hall–Kier alpha value is -2.69. The molecule has 150 valence electrons. The summed E-state index contributed by atoms with van der Waals surface area (Å²) in [6, 6.07) is 11.8. The van der Waals surface area contributed by atoms with Crippen LogP contribution in [-0.2, 0) is 24.2 Å². The van der Waals surface area contributed by atoms with Gasteiger partial charge in [-0.2, -0.15) is 0 Å². The van der Waals surface area contributed by atoms with E-state index in [9.17, 15) is 4.79 Å². The van der Waals surface area contributed by atoms with E-state index in [0.29, 0.717) is 18.0 Å². The molecule has 0 radical (unpaired) electrons. The van der Waals surface area contributed by atoms with E-state index in [0.717, 1.165) is 24.2 Å². The highest BCUT2D eigenvalue weighted by Gasteiger charge is 2.22. The molecule has 1 aliphatic carbocycles. The van der Waals surface area contributed by atoms with Crippen LogP contribution in [0.25, 0.3) is 0 Å². The van der Waals surface area contributed by atoms with Crippen molar-refractivity contribution in [3.63, 3.8) is 0 Å². The van der Waals surface area contributed by atoms with Gasteiger partial charge in [0.05, 0.1) is 14.2 Å². The standard InChI is InChI=1S/C23H29NO4/c1-16(28-20-11-7-9-18-8-5-6-10-19(18)20)23(25)24(2)15-17-12-13-21(26-3)22(14-17)27-4/h7,9,11-14,16H,5-6,8,10,15H2,1-4H3. The zero-order valence-electron chi connectivity index (χ0n) is 17.2. The maximum Gasteiger partial charge on any atom is 0.263 e. The van der Waals surface area contributed by atoms with Crippen LogP contribution in [0.3, 0.4) is 0 Å². The van der Waals surface area contributed by atoms with E-state index >= 15 is 0 Å². The smallest absolute Gasteiger partial charge is 0.263 e. The number of aryl methyl sites for hydroxylation is 1. The van der Waals surface area contributed by atoms with Gasteiger partial charge < -0.3 is 19.1 Å². The Balaban J connectivity index is 1.66. The molecule has 3 rings (SSSR count). The van der Waals surface area contributed by atoms with Gasteiger partial charge in [-0.25, -0.2) is 0 Å². The average molecular weight is 383 g/mol. The maximum atomic E-state index is 12.8. The number of benzene rings is 2. The number of hydrogen-bond donors (Lipinski definition) is 0. The molecule has 1 unspecified atom stereocenters. The highest BCUT2D eigenvalue weighted by atomic mass is 16.5. The highest BCUT2D eigenvalue weighted by Crippen LogP contribution is 2.31. The molecular formula is C23H29NO4. The lowest BCUT2D eigenvalue weighted by Gasteiger charge is -2.25. The molecule has 28 heavy (non-hydrogen) atoms. The molecule has 1 atom stereocenters. The summed E-state index contributed by atoms with van der Waals surface area (Å²) in [6.07, 6.45) is 3.97. The fraction of sp³-hybridized carbons (Fsp3) is 0.435. The molecule has 0 fully saturated rings. The minimum Gasteiger partial charge on any atom is -0.493 e. The number of fused-ring (bicyclic) bond motifs is 1. The van der Waals surface area contributed by atoms with Crippen LogP contribution in [0.5, 0.6) is 17.2 Å². The minimum atomic E-state index is -0.543. The Kier molecular flexibility index (Phi) is 6.45. The van der Waals surface area contributed by atoms with Gasteiger partial charge in [0.2, 0.25) is 0 Å². The highest BCUT2D eigenvalue weighted by molar-refractivity contribution is 5.80. The van der Waals surface area contributed by atoms with Gasteiger partial charge in [0.25, 0.3) is 5.91 Å². The van der Waals surface area contributed by atoms with Gasteiger partial charge >= 0.3 is 0 Å². The lowest BCUT2D eigenvalue weighted by Crippen LogP contribution is -2.37. The van der Waals surface area contributed by atoms with Crippen LogP contribution in [-0.4, -0.2) is 38.2 Å². The molecule has 0 spiro atoms. The largest absolute Gasteiger partial charge is 0.493 e. The van der Waals surface area contributed by atoms with Crippen molar-refractivity contribution in [3.8, 4) is 17.2 Å². The number of amides is 1. The topological polar surface area (TPSA) is 48.0 Å². The number of nitrogens with zero attached hydrogens (tertiary/aromatic N) is 1. The Morgan fingerprint density at radius 1 is 1.04 bits per heavy atom. The molecule has 0 saturated carbocycles. The third-order valence-corrected chi connectivity index (χ3v) is 5.25. The van der Waals surface area contributed by atoms with Crippen molar-refractivity contribution in [2.45, 2.75) is 45.3 Å². The van der Waals surface area contributed by atoms with Crippen molar-refractivity contribution in [2.75, 3.05) is 21.3 Å². The van der Waals surface area contributed by atoms with Crippen molar-refractivity contribution in [3.05, 3.63) is 53.1 Å². The number of hydrogen-bond acceptors (Lipinski definition) is 4. The number of ether oxygens (including phenoxy) is 3. The number of likely N-dealkylation sites (N-methyl/N-ethyl adjacent to an activating group) is 1. The van der Waals surface area contributed by atoms with Crippen LogP contribution in [0, 0.1) is 0 Å². The molecule has 2 aromatic rings. The van der Waals surface area contributed by atoms with E-state index in [1.54, 1.807) is 26.2 Å². The van der Waals surface area contributed by atoms with E-state index in [1.807, 2.05) is 37.3 Å². The van der Waals surface area contributed by atoms with Crippen LogP contribution in [0.15, 0.2) is 36.4 Å². The number of carbonyl (C=O) groups excluding carboxylic acids is 1. The van der Waals surface area contributed by atoms with Crippen LogP contribution in [0.2, 0.25) is 0 Å². The summed E-state index contributed by atoms with van der Waals surface area (Å²) in [4.78, 5) is 14.5. The van der Waals surface area contributed by atoms with Gasteiger partial charge in [-0.15, -0.1) is 0 Å². The van der Waals surface area contributed by atoms with E-state index in [-0.39, 0.29) is 5.91 Å². The van der Waals surface area contributed by atoms with Crippen molar-refractivity contribution in [1.29, 1.82) is 0 Å². The first kappa shape index (κ1) is 20.1. The zero-order valence-corrected chi connectivity index (χ0v) is 17.2. The van der Waals surface area contributed by atoms with E-state index in [4.69, 9.17) is 14.2 Å². The van der Waals surface area contributed by atoms with E-state index in [1.165, 1.54) is 24.0 Å². The fourth-order valence-corrected chi connectivity index (χ4v) is 3.74. The van der Waals surface area contributed by atoms with Gasteiger partial charge in [0, 0.05) is 13.6 Å². The average Bonchev–Trinajstić information content (AvgIpc) is 2.73. The van der Waals surface area contributed by atoms with Crippen LogP contribution in [0.4, 0.5) is 0 Å². The third kappa shape index (κ3) is 4.41. The predicted molar refractivity (Wildman–Crippen MR) is 109 cm³/mol. The van der Waals surface area contributed by atoms with Gasteiger partial charge in [-0.1, -0.05) is 18.2 Å². The summed E-state index contributed by atoms with van der Waals surface area (Å²) in [5.41, 5.74) is 3.58. The Labute approximate surface area is 167 Å². The first-order chi connectivity index (χ1) is 13.5. The molecule has 0 aliphatic heterocycles. The Morgan fingerprint density at radius 2 is 1.79 bits per heavy atom. The van der Waals surface area contributed by atoms with Crippen LogP contribution in [0.1, 0.15) is 36.5 Å². The summed E-state index contributed by atoms with van der Waals surface area (Å²) in [7, 11) is 5.00. The molecule has 1 aliphatic rings. The first-order valence-electron chi connectivity index (χ1n) is 9.76. The maximum absolute atomic E-state index is 12.8. The first-order valence-corrected chi connectivity index (χ1v) is 9.76. The molecule has 2 aromatic carbocycles. The monoisotopic (exact) mass is 383 g/mol. The quantitative estimate of drug-likeness (QED) is 0.725. The molecule has 0 bridgehead atoms. The van der Waals surface area contributed by atoms with Gasteiger partial charge in [-0.3, -0.25) is 4.79 Å². The lowest BCUT2D eigenvalue weighted by atomic mass is 9.91. The summed E-state index contributed by atoms with van der Waals surface area (Å²) in [5, 5.41) is 0. The number of rotatable bonds is 7. The molecule has 5 heteroatoms. The normalized spacial score (nSPS) is 14.0. The summed E-state index contributed by atoms with van der Waals surface area (Å²) >= 11 is 0. The van der Waals surface area contributed by atoms with Crippen LogP contribution >= 0.6 is 0 Å². The molecule has 0 N–H and O–H groups in total. The van der Waals surface area contributed by atoms with Crippen molar-refractivity contribution >= 4 is 5.91 Å². The van der Waals surface area contributed by atoms with Crippen LogP contribution < -0.4 is 14.2 Å². The minimum absolute atomic E-state index is 0.0526. The van der Waals surface area contributed by atoms with Crippen molar-refractivity contribution < 1.29 is 19.0 Å². The SMILES string of the molecule is COc1ccc(CN(C)C(=O)C(C)Oc2cccc3c2CCCC3)cc1OC. The van der Waals surface area contributed by atoms with Crippen molar-refractivity contribution in [1.82, 2.24) is 4.90 Å². The van der Waals surface area contributed by atoms with E-state index < -0.39 is 6.10 Å². The Morgan fingerprint density at radius 3 is 2.54 bits per heavy atom. The number of methoxy groups -OCH3 is 2. The predicted octanol–water partition coefficient (Wildman–Crippen LogP) is 4.01. The Bertz CT molecular complexity index is 833. The van der Waals surface area contributed by atoms with Gasteiger partial charge in [-0.05, 0) is 67.5 Å². The number of carbonyl (C=O) groups is 1. The molecule has 5 nitrogen and oxygen atoms in total. The fourth-order valence-electron chi connectivity index (χ4n) is 3.74. The van der Waals surface area contributed by atoms with Gasteiger partial charge in [0.1, 0.15) is 5.75 Å². The van der Waals surface area contributed by atoms with Crippen molar-refractivity contribution in [2.24, 2.45) is 0 Å². The molecular weight excluding hydrogens is 354 g/mol. The molecule has 0 heterocycles. The second kappa shape index (κ2) is 9.00. The second-order valence-corrected chi connectivity index (χ2v) is 7.24.